The second-order valence-electron chi connectivity index (χ2n) is 5.50. The number of aliphatic hydroxyl groups is 1. The zero-order valence-electron chi connectivity index (χ0n) is 12.1. The first-order valence-corrected chi connectivity index (χ1v) is 7.05. The number of halogens is 3. The lowest BCUT2D eigenvalue weighted by atomic mass is 9.74. The zero-order chi connectivity index (χ0) is 15.7. The lowest BCUT2D eigenvalue weighted by molar-refractivity contribution is -0.0956. The summed E-state index contributed by atoms with van der Waals surface area (Å²) >= 11 is 0. The van der Waals surface area contributed by atoms with E-state index in [-0.39, 0.29) is 12.3 Å². The molecule has 0 aromatic heterocycles. The fraction of sp³-hybridized carbons (Fsp3) is 0.412. The van der Waals surface area contributed by atoms with Crippen LogP contribution in [-0.2, 0) is 5.60 Å². The van der Waals surface area contributed by atoms with E-state index in [0.29, 0.717) is 12.0 Å². The highest BCUT2D eigenvalue weighted by molar-refractivity contribution is 5.39. The monoisotopic (exact) mass is 296 g/mol. The molecular formula is C17H19F3O. The average Bonchev–Trinajstić information content (AvgIpc) is 2.46. The van der Waals surface area contributed by atoms with Crippen molar-refractivity contribution in [1.82, 2.24) is 0 Å². The molecule has 2 unspecified atom stereocenters. The van der Waals surface area contributed by atoms with Gasteiger partial charge in [0, 0.05) is 5.57 Å². The number of hydrogen-bond acceptors (Lipinski definition) is 1. The Labute approximate surface area is 122 Å². The van der Waals surface area contributed by atoms with Crippen LogP contribution in [0.4, 0.5) is 13.2 Å². The summed E-state index contributed by atoms with van der Waals surface area (Å²) in [6.45, 7) is 3.57. The van der Waals surface area contributed by atoms with Gasteiger partial charge in [-0.05, 0) is 29.9 Å². The van der Waals surface area contributed by atoms with Crippen molar-refractivity contribution in [2.24, 2.45) is 5.92 Å². The van der Waals surface area contributed by atoms with Gasteiger partial charge in [-0.2, -0.15) is 13.2 Å². The Hall–Kier alpha value is -1.55. The van der Waals surface area contributed by atoms with Gasteiger partial charge in [-0.3, -0.25) is 0 Å². The Bertz CT molecular complexity index is 557. The summed E-state index contributed by atoms with van der Waals surface area (Å²) in [7, 11) is 0. The van der Waals surface area contributed by atoms with Gasteiger partial charge in [0.1, 0.15) is 5.60 Å². The molecule has 1 N–H and O–H groups in total. The third kappa shape index (κ3) is 3.05. The van der Waals surface area contributed by atoms with Crippen LogP contribution >= 0.6 is 0 Å². The molecule has 4 heteroatoms. The summed E-state index contributed by atoms with van der Waals surface area (Å²) in [5.41, 5.74) is -0.391. The topological polar surface area (TPSA) is 20.2 Å². The van der Waals surface area contributed by atoms with Crippen LogP contribution < -0.4 is 0 Å². The predicted octanol–water partition coefficient (Wildman–Crippen LogP) is 4.74. The molecule has 0 fully saturated rings. The second kappa shape index (κ2) is 5.68. The molecule has 1 aromatic carbocycles. The van der Waals surface area contributed by atoms with E-state index in [9.17, 15) is 18.3 Å². The van der Waals surface area contributed by atoms with E-state index < -0.39 is 17.4 Å². The van der Waals surface area contributed by atoms with Gasteiger partial charge in [-0.25, -0.2) is 0 Å². The van der Waals surface area contributed by atoms with Crippen molar-refractivity contribution in [3.63, 3.8) is 0 Å². The van der Waals surface area contributed by atoms with Crippen LogP contribution in [0.1, 0.15) is 32.3 Å². The number of rotatable bonds is 3. The molecule has 0 amide bonds. The smallest absolute Gasteiger partial charge is 0.381 e. The van der Waals surface area contributed by atoms with Crippen LogP contribution in [0.3, 0.4) is 0 Å². The summed E-state index contributed by atoms with van der Waals surface area (Å²) in [6, 6.07) is 9.10. The number of benzene rings is 1. The molecule has 1 aliphatic carbocycles. The molecule has 0 heterocycles. The van der Waals surface area contributed by atoms with Crippen molar-refractivity contribution >= 4 is 0 Å². The Morgan fingerprint density at radius 1 is 1.14 bits per heavy atom. The standard InChI is InChI=1S/C17H19F3O/c1-3-16(21,13-7-5-4-6-8-13)15-10-9-14(11-12(15)2)17(18,19)20/h4-10,12,21H,3,11H2,1-2H3. The fourth-order valence-corrected chi connectivity index (χ4v) is 2.91. The molecule has 2 atom stereocenters. The molecular weight excluding hydrogens is 277 g/mol. The van der Waals surface area contributed by atoms with Crippen molar-refractivity contribution in [1.29, 1.82) is 0 Å². The molecule has 0 aliphatic heterocycles. The number of alkyl halides is 3. The van der Waals surface area contributed by atoms with E-state index in [0.717, 1.165) is 11.6 Å². The summed E-state index contributed by atoms with van der Waals surface area (Å²) in [6.07, 6.45) is -1.44. The van der Waals surface area contributed by atoms with Crippen LogP contribution in [0.25, 0.3) is 0 Å². The van der Waals surface area contributed by atoms with E-state index in [2.05, 4.69) is 0 Å². The lowest BCUT2D eigenvalue weighted by Gasteiger charge is -2.36. The van der Waals surface area contributed by atoms with Crippen LogP contribution in [-0.4, -0.2) is 11.3 Å². The molecule has 114 valence electrons. The van der Waals surface area contributed by atoms with Crippen molar-refractivity contribution in [2.75, 3.05) is 0 Å². The predicted molar refractivity (Wildman–Crippen MR) is 76.6 cm³/mol. The lowest BCUT2D eigenvalue weighted by Crippen LogP contribution is -2.32. The molecule has 1 aromatic rings. The van der Waals surface area contributed by atoms with E-state index in [1.807, 2.05) is 25.1 Å². The molecule has 0 saturated heterocycles. The van der Waals surface area contributed by atoms with Crippen molar-refractivity contribution in [3.05, 3.63) is 59.2 Å². The Kier molecular flexibility index (Phi) is 4.28. The quantitative estimate of drug-likeness (QED) is 0.854. The minimum absolute atomic E-state index is 0.0928. The molecule has 0 bridgehead atoms. The number of hydrogen-bond donors (Lipinski definition) is 1. The highest BCUT2D eigenvalue weighted by Crippen LogP contribution is 2.43. The normalized spacial score (nSPS) is 22.3. The first-order valence-electron chi connectivity index (χ1n) is 7.05. The molecule has 0 spiro atoms. The van der Waals surface area contributed by atoms with E-state index in [1.54, 1.807) is 19.1 Å². The van der Waals surface area contributed by atoms with Crippen molar-refractivity contribution in [3.8, 4) is 0 Å². The summed E-state index contributed by atoms with van der Waals surface area (Å²) in [5.74, 6) is -0.350. The van der Waals surface area contributed by atoms with Crippen LogP contribution in [0, 0.1) is 5.92 Å². The molecule has 0 radical (unpaired) electrons. The van der Waals surface area contributed by atoms with Crippen molar-refractivity contribution < 1.29 is 18.3 Å². The maximum absolute atomic E-state index is 12.8. The summed E-state index contributed by atoms with van der Waals surface area (Å²) in [5, 5.41) is 11.0. The maximum atomic E-state index is 12.8. The first kappa shape index (κ1) is 15.8. The largest absolute Gasteiger partial charge is 0.412 e. The van der Waals surface area contributed by atoms with Gasteiger partial charge in [0.05, 0.1) is 0 Å². The molecule has 21 heavy (non-hydrogen) atoms. The minimum atomic E-state index is -4.30. The van der Waals surface area contributed by atoms with Gasteiger partial charge in [0.15, 0.2) is 0 Å². The summed E-state index contributed by atoms with van der Waals surface area (Å²) in [4.78, 5) is 0. The van der Waals surface area contributed by atoms with Gasteiger partial charge < -0.3 is 5.11 Å². The molecule has 1 aliphatic rings. The first-order chi connectivity index (χ1) is 9.79. The van der Waals surface area contributed by atoms with Crippen LogP contribution in [0.15, 0.2) is 53.6 Å². The van der Waals surface area contributed by atoms with Gasteiger partial charge >= 0.3 is 6.18 Å². The second-order valence-corrected chi connectivity index (χ2v) is 5.50. The fourth-order valence-electron chi connectivity index (χ4n) is 2.91. The van der Waals surface area contributed by atoms with E-state index >= 15 is 0 Å². The van der Waals surface area contributed by atoms with Crippen LogP contribution in [0.2, 0.25) is 0 Å². The summed E-state index contributed by atoms with van der Waals surface area (Å²) < 4.78 is 38.3. The van der Waals surface area contributed by atoms with Crippen LogP contribution in [0.5, 0.6) is 0 Å². The average molecular weight is 296 g/mol. The van der Waals surface area contributed by atoms with Gasteiger partial charge in [-0.1, -0.05) is 56.3 Å². The third-order valence-corrected chi connectivity index (χ3v) is 4.13. The molecule has 1 nitrogen and oxygen atoms in total. The minimum Gasteiger partial charge on any atom is -0.381 e. The number of allylic oxidation sites excluding steroid dienone is 3. The van der Waals surface area contributed by atoms with Gasteiger partial charge in [-0.15, -0.1) is 0 Å². The highest BCUT2D eigenvalue weighted by Gasteiger charge is 2.40. The van der Waals surface area contributed by atoms with Gasteiger partial charge in [0.2, 0.25) is 0 Å². The zero-order valence-corrected chi connectivity index (χ0v) is 12.1. The maximum Gasteiger partial charge on any atom is 0.412 e. The SMILES string of the molecule is CCC(O)(C1=CC=C(C(F)(F)F)CC1C)c1ccccc1. The Balaban J connectivity index is 2.44. The van der Waals surface area contributed by atoms with E-state index in [4.69, 9.17) is 0 Å². The Morgan fingerprint density at radius 2 is 1.76 bits per heavy atom. The van der Waals surface area contributed by atoms with E-state index in [1.165, 1.54) is 6.08 Å². The molecule has 0 saturated carbocycles. The molecule has 2 rings (SSSR count). The Morgan fingerprint density at radius 3 is 2.24 bits per heavy atom. The van der Waals surface area contributed by atoms with Crippen molar-refractivity contribution in [2.45, 2.75) is 38.5 Å². The third-order valence-electron chi connectivity index (χ3n) is 4.13. The highest BCUT2D eigenvalue weighted by atomic mass is 19.4. The van der Waals surface area contributed by atoms with Gasteiger partial charge in [0.25, 0.3) is 0 Å².